The quantitative estimate of drug-likeness (QED) is 0.879. The molecule has 126 valence electrons. The molecule has 0 bridgehead atoms. The Balaban J connectivity index is 0.00000242. The number of nitrogens with zero attached hydrogens (tertiary/aromatic N) is 1. The second-order valence-corrected chi connectivity index (χ2v) is 7.03. The van der Waals surface area contributed by atoms with Gasteiger partial charge in [0.25, 0.3) is 0 Å². The van der Waals surface area contributed by atoms with Crippen LogP contribution < -0.4 is 10.1 Å². The zero-order valence-electron chi connectivity index (χ0n) is 12.9. The number of halogens is 2. The van der Waals surface area contributed by atoms with Crippen LogP contribution in [-0.4, -0.2) is 46.0 Å². The second kappa shape index (κ2) is 7.59. The average molecular weight is 353 g/mol. The Hall–Kier alpha value is -0.890. The summed E-state index contributed by atoms with van der Waals surface area (Å²) in [7, 11) is -0.541. The molecule has 0 radical (unpaired) electrons. The number of benzene rings is 1. The van der Waals surface area contributed by atoms with Crippen LogP contribution in [0.5, 0.6) is 5.75 Å². The Morgan fingerprint density at radius 2 is 2.14 bits per heavy atom. The van der Waals surface area contributed by atoms with E-state index < -0.39 is 15.8 Å². The normalized spacial score (nSPS) is 19.0. The SMILES string of the molecule is CNCC1CCCN1S(=O)(=O)c1ccc(OC)c(F)c1C.Cl. The van der Waals surface area contributed by atoms with E-state index in [9.17, 15) is 12.8 Å². The first-order valence-electron chi connectivity index (χ1n) is 6.93. The van der Waals surface area contributed by atoms with Crippen molar-refractivity contribution in [1.82, 2.24) is 9.62 Å². The third kappa shape index (κ3) is 3.37. The number of hydrogen-bond acceptors (Lipinski definition) is 4. The zero-order chi connectivity index (χ0) is 15.6. The predicted molar refractivity (Wildman–Crippen MR) is 85.8 cm³/mol. The highest BCUT2D eigenvalue weighted by molar-refractivity contribution is 7.89. The standard InChI is InChI=1S/C14H21FN2O3S.ClH/c1-10-13(7-6-12(20-3)14(10)15)21(18,19)17-8-4-5-11(17)9-16-2;/h6-7,11,16H,4-5,8-9H2,1-3H3;1H. The zero-order valence-corrected chi connectivity index (χ0v) is 14.6. The van der Waals surface area contributed by atoms with Gasteiger partial charge < -0.3 is 10.1 Å². The Bertz CT molecular complexity index is 625. The maximum atomic E-state index is 14.1. The van der Waals surface area contributed by atoms with E-state index in [4.69, 9.17) is 4.74 Å². The molecule has 1 N–H and O–H groups in total. The summed E-state index contributed by atoms with van der Waals surface area (Å²) in [5.74, 6) is -0.567. The van der Waals surface area contributed by atoms with E-state index in [0.717, 1.165) is 12.8 Å². The molecule has 2 rings (SSSR count). The largest absolute Gasteiger partial charge is 0.494 e. The van der Waals surface area contributed by atoms with Crippen molar-refractivity contribution in [3.8, 4) is 5.75 Å². The Morgan fingerprint density at radius 1 is 1.45 bits per heavy atom. The van der Waals surface area contributed by atoms with Gasteiger partial charge in [-0.2, -0.15) is 4.31 Å². The van der Waals surface area contributed by atoms with E-state index in [1.54, 1.807) is 7.05 Å². The second-order valence-electron chi connectivity index (χ2n) is 5.17. The van der Waals surface area contributed by atoms with Gasteiger partial charge in [0.1, 0.15) is 0 Å². The van der Waals surface area contributed by atoms with Gasteiger partial charge >= 0.3 is 0 Å². The van der Waals surface area contributed by atoms with Gasteiger partial charge in [-0.25, -0.2) is 12.8 Å². The summed E-state index contributed by atoms with van der Waals surface area (Å²) in [5.41, 5.74) is 0.101. The molecule has 5 nitrogen and oxygen atoms in total. The first kappa shape index (κ1) is 19.2. The minimum atomic E-state index is -3.69. The van der Waals surface area contributed by atoms with Crippen molar-refractivity contribution in [2.24, 2.45) is 0 Å². The molecule has 1 aliphatic rings. The van der Waals surface area contributed by atoms with Crippen LogP contribution >= 0.6 is 12.4 Å². The van der Waals surface area contributed by atoms with Crippen LogP contribution in [0.15, 0.2) is 17.0 Å². The van der Waals surface area contributed by atoms with Crippen LogP contribution in [0.2, 0.25) is 0 Å². The molecule has 0 saturated carbocycles. The highest BCUT2D eigenvalue weighted by Crippen LogP contribution is 2.31. The summed E-state index contributed by atoms with van der Waals surface area (Å²) < 4.78 is 46.0. The lowest BCUT2D eigenvalue weighted by molar-refractivity contribution is 0.375. The molecule has 1 heterocycles. The van der Waals surface area contributed by atoms with E-state index >= 15 is 0 Å². The molecule has 1 aromatic rings. The van der Waals surface area contributed by atoms with Crippen molar-refractivity contribution in [1.29, 1.82) is 0 Å². The molecule has 8 heteroatoms. The van der Waals surface area contributed by atoms with Crippen LogP contribution in [0, 0.1) is 12.7 Å². The lowest BCUT2D eigenvalue weighted by atomic mass is 10.2. The molecular weight excluding hydrogens is 331 g/mol. The summed E-state index contributed by atoms with van der Waals surface area (Å²) in [6.45, 7) is 2.53. The first-order valence-corrected chi connectivity index (χ1v) is 8.37. The highest BCUT2D eigenvalue weighted by Gasteiger charge is 2.36. The molecular formula is C14H22ClFN2O3S. The lowest BCUT2D eigenvalue weighted by Gasteiger charge is -2.25. The van der Waals surface area contributed by atoms with E-state index in [1.165, 1.54) is 30.5 Å². The Labute approximate surface area is 137 Å². The molecule has 1 saturated heterocycles. The molecule has 0 aromatic heterocycles. The van der Waals surface area contributed by atoms with Crippen LogP contribution in [0.1, 0.15) is 18.4 Å². The number of likely N-dealkylation sites (N-methyl/N-ethyl adjacent to an activating group) is 1. The Morgan fingerprint density at radius 3 is 2.73 bits per heavy atom. The third-order valence-corrected chi connectivity index (χ3v) is 5.97. The van der Waals surface area contributed by atoms with Crippen molar-refractivity contribution in [2.45, 2.75) is 30.7 Å². The summed E-state index contributed by atoms with van der Waals surface area (Å²) >= 11 is 0. The minimum Gasteiger partial charge on any atom is -0.494 e. The number of nitrogens with one attached hydrogen (secondary N) is 1. The maximum absolute atomic E-state index is 14.1. The topological polar surface area (TPSA) is 58.6 Å². The van der Waals surface area contributed by atoms with Crippen molar-refractivity contribution >= 4 is 22.4 Å². The van der Waals surface area contributed by atoms with Gasteiger partial charge in [-0.15, -0.1) is 12.4 Å². The van der Waals surface area contributed by atoms with Gasteiger partial charge in [0, 0.05) is 24.7 Å². The Kier molecular flexibility index (Phi) is 6.61. The van der Waals surface area contributed by atoms with Crippen molar-refractivity contribution < 1.29 is 17.5 Å². The van der Waals surface area contributed by atoms with Crippen molar-refractivity contribution in [2.75, 3.05) is 27.2 Å². The number of sulfonamides is 1. The predicted octanol–water partition coefficient (Wildman–Crippen LogP) is 1.94. The van der Waals surface area contributed by atoms with Gasteiger partial charge in [0.05, 0.1) is 12.0 Å². The molecule has 0 amide bonds. The molecule has 1 aromatic carbocycles. The fourth-order valence-corrected chi connectivity index (χ4v) is 4.68. The molecule has 1 fully saturated rings. The lowest BCUT2D eigenvalue weighted by Crippen LogP contribution is -2.41. The van der Waals surface area contributed by atoms with Crippen LogP contribution in [0.3, 0.4) is 0 Å². The molecule has 1 aliphatic heterocycles. The maximum Gasteiger partial charge on any atom is 0.243 e. The van der Waals surface area contributed by atoms with E-state index in [1.807, 2.05) is 0 Å². The van der Waals surface area contributed by atoms with Crippen molar-refractivity contribution in [3.05, 3.63) is 23.5 Å². The van der Waals surface area contributed by atoms with E-state index in [0.29, 0.717) is 13.1 Å². The summed E-state index contributed by atoms with van der Waals surface area (Å²) in [5, 5.41) is 3.01. The van der Waals surface area contributed by atoms with Gasteiger partial charge in [-0.1, -0.05) is 0 Å². The van der Waals surface area contributed by atoms with Crippen LogP contribution in [0.25, 0.3) is 0 Å². The third-order valence-electron chi connectivity index (χ3n) is 3.87. The van der Waals surface area contributed by atoms with Gasteiger partial charge in [0.2, 0.25) is 10.0 Å². The molecule has 0 spiro atoms. The number of methoxy groups -OCH3 is 1. The monoisotopic (exact) mass is 352 g/mol. The van der Waals surface area contributed by atoms with Gasteiger partial charge in [-0.05, 0) is 38.9 Å². The fourth-order valence-electron chi connectivity index (χ4n) is 2.77. The summed E-state index contributed by atoms with van der Waals surface area (Å²) in [4.78, 5) is 0.0174. The molecule has 1 atom stereocenters. The summed E-state index contributed by atoms with van der Waals surface area (Å²) in [6, 6.07) is 2.70. The minimum absolute atomic E-state index is 0. The number of ether oxygens (including phenoxy) is 1. The molecule has 22 heavy (non-hydrogen) atoms. The highest BCUT2D eigenvalue weighted by atomic mass is 35.5. The van der Waals surface area contributed by atoms with Gasteiger partial charge in [0.15, 0.2) is 11.6 Å². The fraction of sp³-hybridized carbons (Fsp3) is 0.571. The van der Waals surface area contributed by atoms with Gasteiger partial charge in [-0.3, -0.25) is 0 Å². The van der Waals surface area contributed by atoms with Crippen molar-refractivity contribution in [3.63, 3.8) is 0 Å². The first-order chi connectivity index (χ1) is 9.93. The molecule has 1 unspecified atom stereocenters. The number of hydrogen-bond donors (Lipinski definition) is 1. The van der Waals surface area contributed by atoms with Crippen LogP contribution in [0.4, 0.5) is 4.39 Å². The van der Waals surface area contributed by atoms with E-state index in [-0.39, 0.29) is 34.7 Å². The van der Waals surface area contributed by atoms with E-state index in [2.05, 4.69) is 5.32 Å². The smallest absolute Gasteiger partial charge is 0.243 e. The van der Waals surface area contributed by atoms with Crippen LogP contribution in [-0.2, 0) is 10.0 Å². The number of rotatable bonds is 5. The molecule has 0 aliphatic carbocycles. The average Bonchev–Trinajstić information content (AvgIpc) is 2.91. The summed E-state index contributed by atoms with van der Waals surface area (Å²) in [6.07, 6.45) is 1.64.